The van der Waals surface area contributed by atoms with E-state index in [0.717, 1.165) is 62.0 Å². The summed E-state index contributed by atoms with van der Waals surface area (Å²) in [6.07, 6.45) is 0. The third kappa shape index (κ3) is 15.0. The molecule has 10 aromatic carbocycles. The average Bonchev–Trinajstić information content (AvgIpc) is 3.39. The van der Waals surface area contributed by atoms with Crippen LogP contribution in [-0.4, -0.2) is 20.4 Å². The van der Waals surface area contributed by atoms with Gasteiger partial charge in [-0.15, -0.1) is 0 Å². The zero-order valence-electron chi connectivity index (χ0n) is 39.7. The van der Waals surface area contributed by atoms with Gasteiger partial charge in [0.1, 0.15) is 23.0 Å². The van der Waals surface area contributed by atoms with E-state index in [9.17, 15) is 20.4 Å². The van der Waals surface area contributed by atoms with Gasteiger partial charge in [-0.1, -0.05) is 221 Å². The highest BCUT2D eigenvalue weighted by Crippen LogP contribution is 2.40. The van der Waals surface area contributed by atoms with E-state index in [1.807, 2.05) is 176 Å². The van der Waals surface area contributed by atoms with Crippen LogP contribution in [0.4, 0.5) is 0 Å². The van der Waals surface area contributed by atoms with Gasteiger partial charge >= 0.3 is 0 Å². The summed E-state index contributed by atoms with van der Waals surface area (Å²) in [6.45, 7) is 8.64. The molecule has 0 aliphatic rings. The molecule has 10 rings (SSSR count). The summed E-state index contributed by atoms with van der Waals surface area (Å²) >= 11 is 13.3. The monoisotopic (exact) mass is 1190 g/mol. The molecular weight excluding hydrogens is 1140 g/mol. The van der Waals surface area contributed by atoms with E-state index in [1.54, 1.807) is 0 Å². The van der Waals surface area contributed by atoms with Crippen LogP contribution in [0.15, 0.2) is 248 Å². The number of fused-ring (bicyclic) bond motifs is 1. The number of aryl methyl sites for hydroxylation is 1. The van der Waals surface area contributed by atoms with Gasteiger partial charge in [0.05, 0.1) is 17.9 Å². The number of halogens is 4. The molecule has 0 spiro atoms. The molecule has 0 amide bonds. The van der Waals surface area contributed by atoms with Crippen LogP contribution in [0.3, 0.4) is 0 Å². The van der Waals surface area contributed by atoms with E-state index >= 15 is 0 Å². The van der Waals surface area contributed by atoms with Gasteiger partial charge in [-0.25, -0.2) is 0 Å². The van der Waals surface area contributed by atoms with Crippen LogP contribution in [-0.2, 0) is 5.41 Å². The van der Waals surface area contributed by atoms with Gasteiger partial charge < -0.3 is 20.4 Å². The molecule has 8 heteroatoms. The fourth-order valence-corrected chi connectivity index (χ4v) is 8.88. The first-order valence-corrected chi connectivity index (χ1v) is 25.9. The van der Waals surface area contributed by atoms with Crippen LogP contribution in [0.2, 0.25) is 0 Å². The quantitative estimate of drug-likeness (QED) is 0.142. The summed E-state index contributed by atoms with van der Waals surface area (Å²) in [4.78, 5) is 0. The van der Waals surface area contributed by atoms with Crippen LogP contribution < -0.4 is 0 Å². The minimum Gasteiger partial charge on any atom is -0.506 e. The van der Waals surface area contributed by atoms with Crippen molar-refractivity contribution in [1.82, 2.24) is 0 Å². The van der Waals surface area contributed by atoms with Crippen molar-refractivity contribution in [3.05, 3.63) is 260 Å². The Kier molecular flexibility index (Phi) is 19.9. The Morgan fingerprint density at radius 2 is 0.676 bits per heavy atom. The maximum Gasteiger partial charge on any atom is 0.137 e. The van der Waals surface area contributed by atoms with Crippen molar-refractivity contribution in [3.63, 3.8) is 0 Å². The maximum atomic E-state index is 10.2. The maximum absolute atomic E-state index is 10.2. The van der Waals surface area contributed by atoms with Gasteiger partial charge in [0.2, 0.25) is 0 Å². The molecule has 0 saturated heterocycles. The van der Waals surface area contributed by atoms with Crippen LogP contribution in [0.5, 0.6) is 23.0 Å². The Hall–Kier alpha value is -6.42. The summed E-state index contributed by atoms with van der Waals surface area (Å²) in [5, 5.41) is 41.3. The molecule has 4 N–H and O–H groups in total. The molecule has 71 heavy (non-hydrogen) atoms. The number of phenols is 4. The first kappa shape index (κ1) is 53.9. The lowest BCUT2D eigenvalue weighted by Gasteiger charge is -2.21. The Balaban J connectivity index is 0.000000146. The summed E-state index contributed by atoms with van der Waals surface area (Å²) in [6, 6.07) is 75.4. The van der Waals surface area contributed by atoms with Gasteiger partial charge in [0, 0.05) is 22.1 Å². The van der Waals surface area contributed by atoms with Crippen LogP contribution >= 0.6 is 63.7 Å². The second-order valence-electron chi connectivity index (χ2n) is 17.3. The van der Waals surface area contributed by atoms with Gasteiger partial charge in [-0.2, -0.15) is 0 Å². The molecule has 0 atom stereocenters. The highest BCUT2D eigenvalue weighted by atomic mass is 79.9. The molecule has 0 saturated carbocycles. The average molecular weight is 1190 g/mol. The zero-order valence-corrected chi connectivity index (χ0v) is 46.1. The van der Waals surface area contributed by atoms with Crippen LogP contribution in [0.1, 0.15) is 31.9 Å². The van der Waals surface area contributed by atoms with Crippen molar-refractivity contribution < 1.29 is 20.4 Å². The Labute approximate surface area is 451 Å². The number of hydrogen-bond acceptors (Lipinski definition) is 4. The van der Waals surface area contributed by atoms with E-state index < -0.39 is 0 Å². The molecule has 4 nitrogen and oxygen atoms in total. The van der Waals surface area contributed by atoms with Gasteiger partial charge in [-0.05, 0) is 151 Å². The highest BCUT2D eigenvalue weighted by Gasteiger charge is 2.18. The van der Waals surface area contributed by atoms with Crippen molar-refractivity contribution in [2.24, 2.45) is 0 Å². The predicted molar refractivity (Wildman–Crippen MR) is 312 cm³/mol. The molecular formula is C63H54Br4O4. The van der Waals surface area contributed by atoms with Crippen LogP contribution in [0, 0.1) is 6.92 Å². The molecule has 0 fully saturated rings. The summed E-state index contributed by atoms with van der Waals surface area (Å²) in [5.74, 6) is 1.19. The molecule has 0 aliphatic carbocycles. The number of aromatic hydroxyl groups is 4. The van der Waals surface area contributed by atoms with Crippen molar-refractivity contribution >= 4 is 74.5 Å². The molecule has 10 aromatic rings. The minimum absolute atomic E-state index is 0.0553. The third-order valence-corrected chi connectivity index (χ3v) is 13.8. The summed E-state index contributed by atoms with van der Waals surface area (Å²) in [5.41, 5.74) is 10.8. The van der Waals surface area contributed by atoms with E-state index in [1.165, 1.54) is 22.3 Å². The van der Waals surface area contributed by atoms with Crippen molar-refractivity contribution in [2.45, 2.75) is 33.1 Å². The van der Waals surface area contributed by atoms with Crippen molar-refractivity contribution in [3.8, 4) is 67.5 Å². The third-order valence-electron chi connectivity index (χ3n) is 11.2. The van der Waals surface area contributed by atoms with E-state index in [0.29, 0.717) is 23.0 Å². The second-order valence-corrected chi connectivity index (χ2v) is 20.7. The van der Waals surface area contributed by atoms with Gasteiger partial charge in [0.15, 0.2) is 0 Å². The number of hydrogen-bond donors (Lipinski definition) is 4. The molecule has 0 unspecified atom stereocenters. The SMILES string of the molecule is CC(C)(C)c1cc(Br)c(O)c(-c2ccccc2)c1.Cc1ccccc1-c1ccccc1.Oc1c(Br)ccc2ccccc12.Oc1c(Br)cccc1-c1ccccc1.Oc1c(Br)cccc1-c1ccccc1. The summed E-state index contributed by atoms with van der Waals surface area (Å²) < 4.78 is 2.92. The zero-order chi connectivity index (χ0) is 50.9. The smallest absolute Gasteiger partial charge is 0.137 e. The number of phenolic OH excluding ortho intramolecular Hbond substituents is 4. The second kappa shape index (κ2) is 26.1. The molecule has 0 aromatic heterocycles. The lowest BCUT2D eigenvalue weighted by atomic mass is 9.85. The van der Waals surface area contributed by atoms with E-state index in [4.69, 9.17) is 0 Å². The minimum atomic E-state index is 0.0553. The largest absolute Gasteiger partial charge is 0.506 e. The highest BCUT2D eigenvalue weighted by molar-refractivity contribution is 9.11. The fourth-order valence-electron chi connectivity index (χ4n) is 7.34. The normalized spacial score (nSPS) is 10.5. The number of rotatable bonds is 4. The predicted octanol–water partition coefficient (Wildman–Crippen LogP) is 19.7. The number of benzene rings is 10. The van der Waals surface area contributed by atoms with E-state index in [2.05, 4.69) is 146 Å². The Morgan fingerprint density at radius 1 is 0.310 bits per heavy atom. The van der Waals surface area contributed by atoms with Crippen molar-refractivity contribution in [1.29, 1.82) is 0 Å². The van der Waals surface area contributed by atoms with Crippen molar-refractivity contribution in [2.75, 3.05) is 0 Å². The van der Waals surface area contributed by atoms with E-state index in [-0.39, 0.29) is 5.41 Å². The molecule has 0 bridgehead atoms. The fraction of sp³-hybridized carbons (Fsp3) is 0.0794. The van der Waals surface area contributed by atoms with Gasteiger partial charge in [0.25, 0.3) is 0 Å². The van der Waals surface area contributed by atoms with Gasteiger partial charge in [-0.3, -0.25) is 0 Å². The molecule has 0 heterocycles. The topological polar surface area (TPSA) is 80.9 Å². The lowest BCUT2D eigenvalue weighted by Crippen LogP contribution is -2.11. The number of para-hydroxylation sites is 2. The molecule has 0 radical (unpaired) electrons. The first-order valence-electron chi connectivity index (χ1n) is 22.8. The standard InChI is InChI=1S/C16H17BrO.C13H12.2C12H9BrO.C10H7BrO/c1-16(2,3)12-9-13(15(18)14(17)10-12)11-7-5-4-6-8-11;1-11-7-5-6-10-13(11)12-8-3-2-4-9-12;2*13-11-8-4-7-10(12(11)14)9-5-2-1-3-6-9;11-9-6-5-7-3-1-2-4-8(7)10(9)12/h4-10,18H,1-3H3;2-10H,1H3;2*1-8,14H;1-6,12H. The lowest BCUT2D eigenvalue weighted by molar-refractivity contribution is 0.472. The Bertz CT molecular complexity index is 3180. The summed E-state index contributed by atoms with van der Waals surface area (Å²) in [7, 11) is 0. The first-order chi connectivity index (χ1) is 34.1. The molecule has 358 valence electrons. The van der Waals surface area contributed by atoms with Crippen LogP contribution in [0.25, 0.3) is 55.3 Å². The Morgan fingerprint density at radius 3 is 1.14 bits per heavy atom. The molecule has 0 aliphatic heterocycles.